The summed E-state index contributed by atoms with van der Waals surface area (Å²) in [5, 5.41) is 20.9. The van der Waals surface area contributed by atoms with Gasteiger partial charge in [0.15, 0.2) is 0 Å². The standard InChI is InChI=1S/C17H17N7O3/c25-17-18-19-20-23(17)14-6-7-15(24(26)27)16(12-14)22-10-8-21(9-11-22)13-4-2-1-3-5-13/h1-7,12H,8-11H2,(H,18,20,25). The number of nitro groups is 1. The van der Waals surface area contributed by atoms with Gasteiger partial charge < -0.3 is 9.80 Å². The molecule has 2 heterocycles. The van der Waals surface area contributed by atoms with Crippen LogP contribution in [-0.4, -0.2) is 51.3 Å². The molecule has 0 unspecified atom stereocenters. The van der Waals surface area contributed by atoms with E-state index in [1.165, 1.54) is 12.1 Å². The molecule has 1 fully saturated rings. The zero-order chi connectivity index (χ0) is 18.8. The van der Waals surface area contributed by atoms with Crippen molar-refractivity contribution >= 4 is 17.1 Å². The van der Waals surface area contributed by atoms with Gasteiger partial charge in [0.25, 0.3) is 5.69 Å². The average molecular weight is 367 g/mol. The molecule has 4 rings (SSSR count). The van der Waals surface area contributed by atoms with Crippen LogP contribution >= 0.6 is 0 Å². The van der Waals surface area contributed by atoms with E-state index < -0.39 is 10.6 Å². The van der Waals surface area contributed by atoms with Crippen molar-refractivity contribution in [3.8, 4) is 5.69 Å². The third kappa shape index (κ3) is 3.24. The molecular weight excluding hydrogens is 350 g/mol. The predicted octanol–water partition coefficient (Wildman–Crippen LogP) is 1.19. The molecule has 0 bridgehead atoms. The zero-order valence-corrected chi connectivity index (χ0v) is 14.4. The number of hydrogen-bond donors (Lipinski definition) is 1. The minimum atomic E-state index is -0.497. The van der Waals surface area contributed by atoms with E-state index in [1.54, 1.807) is 6.07 Å². The Bertz CT molecular complexity index is 1010. The normalized spacial score (nSPS) is 14.4. The predicted molar refractivity (Wildman–Crippen MR) is 99.5 cm³/mol. The molecule has 10 heteroatoms. The maximum Gasteiger partial charge on any atom is 0.365 e. The number of nitrogens with one attached hydrogen (secondary N) is 1. The molecule has 1 saturated heterocycles. The number of rotatable bonds is 4. The summed E-state index contributed by atoms with van der Waals surface area (Å²) in [6, 6.07) is 14.6. The lowest BCUT2D eigenvalue weighted by Gasteiger charge is -2.37. The number of nitro benzene ring substituents is 1. The first kappa shape index (κ1) is 16.8. The van der Waals surface area contributed by atoms with Crippen molar-refractivity contribution in [2.24, 2.45) is 0 Å². The molecule has 1 aliphatic rings. The number of benzene rings is 2. The zero-order valence-electron chi connectivity index (χ0n) is 14.4. The van der Waals surface area contributed by atoms with Crippen LogP contribution in [0, 0.1) is 10.1 Å². The Hall–Kier alpha value is -3.69. The molecule has 0 spiro atoms. The molecule has 1 aliphatic heterocycles. The molecule has 0 amide bonds. The van der Waals surface area contributed by atoms with Crippen molar-refractivity contribution in [1.82, 2.24) is 20.2 Å². The molecule has 2 aromatic carbocycles. The van der Waals surface area contributed by atoms with E-state index in [0.29, 0.717) is 24.5 Å². The Morgan fingerprint density at radius 2 is 1.67 bits per heavy atom. The average Bonchev–Trinajstić information content (AvgIpc) is 3.14. The van der Waals surface area contributed by atoms with E-state index >= 15 is 0 Å². The summed E-state index contributed by atoms with van der Waals surface area (Å²) in [6.07, 6.45) is 0. The number of aromatic amines is 1. The first-order chi connectivity index (χ1) is 13.1. The number of H-pyrrole nitrogens is 1. The molecule has 0 atom stereocenters. The largest absolute Gasteiger partial charge is 0.368 e. The van der Waals surface area contributed by atoms with Gasteiger partial charge in [-0.05, 0) is 34.7 Å². The SMILES string of the molecule is O=c1[nH]nnn1-c1ccc([N+](=O)[O-])c(N2CCN(c3ccccc3)CC2)c1. The summed E-state index contributed by atoms with van der Waals surface area (Å²) >= 11 is 0. The Morgan fingerprint density at radius 3 is 2.30 bits per heavy atom. The van der Waals surface area contributed by atoms with Crippen molar-refractivity contribution in [2.45, 2.75) is 0 Å². The van der Waals surface area contributed by atoms with Gasteiger partial charge in [-0.2, -0.15) is 4.68 Å². The van der Waals surface area contributed by atoms with Crippen LogP contribution in [0.3, 0.4) is 0 Å². The lowest BCUT2D eigenvalue weighted by molar-refractivity contribution is -0.384. The summed E-state index contributed by atoms with van der Waals surface area (Å²) in [7, 11) is 0. The van der Waals surface area contributed by atoms with Crippen molar-refractivity contribution in [1.29, 1.82) is 0 Å². The second kappa shape index (κ2) is 6.90. The highest BCUT2D eigenvalue weighted by Crippen LogP contribution is 2.31. The van der Waals surface area contributed by atoms with E-state index in [4.69, 9.17) is 0 Å². The lowest BCUT2D eigenvalue weighted by atomic mass is 10.2. The maximum atomic E-state index is 11.8. The summed E-state index contributed by atoms with van der Waals surface area (Å²) in [5.41, 5.74) is 1.54. The van der Waals surface area contributed by atoms with Crippen LogP contribution in [0.25, 0.3) is 5.69 Å². The topological polar surface area (TPSA) is 113 Å². The van der Waals surface area contributed by atoms with E-state index in [9.17, 15) is 14.9 Å². The summed E-state index contributed by atoms with van der Waals surface area (Å²) in [4.78, 5) is 27.0. The van der Waals surface area contributed by atoms with Crippen LogP contribution in [0.4, 0.5) is 17.1 Å². The molecule has 1 aromatic heterocycles. The van der Waals surface area contributed by atoms with Gasteiger partial charge in [0, 0.05) is 37.9 Å². The molecule has 10 nitrogen and oxygen atoms in total. The second-order valence-corrected chi connectivity index (χ2v) is 6.16. The highest BCUT2D eigenvalue weighted by atomic mass is 16.6. The van der Waals surface area contributed by atoms with Gasteiger partial charge >= 0.3 is 5.69 Å². The van der Waals surface area contributed by atoms with Crippen LogP contribution in [0.2, 0.25) is 0 Å². The third-order valence-electron chi connectivity index (χ3n) is 4.61. The van der Waals surface area contributed by atoms with Crippen molar-refractivity contribution < 1.29 is 4.92 Å². The van der Waals surface area contributed by atoms with Gasteiger partial charge in [-0.1, -0.05) is 18.2 Å². The highest BCUT2D eigenvalue weighted by Gasteiger charge is 2.25. The van der Waals surface area contributed by atoms with Crippen LogP contribution in [0.1, 0.15) is 0 Å². The van der Waals surface area contributed by atoms with Gasteiger partial charge in [-0.3, -0.25) is 10.1 Å². The lowest BCUT2D eigenvalue weighted by Crippen LogP contribution is -2.46. The van der Waals surface area contributed by atoms with Crippen molar-refractivity contribution in [2.75, 3.05) is 36.0 Å². The monoisotopic (exact) mass is 367 g/mol. The van der Waals surface area contributed by atoms with E-state index in [1.807, 2.05) is 23.1 Å². The molecule has 0 aliphatic carbocycles. The van der Waals surface area contributed by atoms with Gasteiger partial charge in [0.05, 0.1) is 10.6 Å². The highest BCUT2D eigenvalue weighted by molar-refractivity contribution is 5.67. The van der Waals surface area contributed by atoms with Gasteiger partial charge in [0.2, 0.25) is 0 Å². The number of nitrogens with zero attached hydrogens (tertiary/aromatic N) is 6. The van der Waals surface area contributed by atoms with Crippen molar-refractivity contribution in [3.05, 3.63) is 69.1 Å². The number of piperazine rings is 1. The first-order valence-electron chi connectivity index (χ1n) is 8.47. The summed E-state index contributed by atoms with van der Waals surface area (Å²) < 4.78 is 1.08. The van der Waals surface area contributed by atoms with Crippen LogP contribution in [0.5, 0.6) is 0 Å². The molecule has 3 aromatic rings. The van der Waals surface area contributed by atoms with E-state index in [2.05, 4.69) is 32.6 Å². The first-order valence-corrected chi connectivity index (χ1v) is 8.47. The number of aromatic nitrogens is 4. The minimum Gasteiger partial charge on any atom is -0.368 e. The number of anilines is 2. The molecule has 0 saturated carbocycles. The quantitative estimate of drug-likeness (QED) is 0.544. The third-order valence-corrected chi connectivity index (χ3v) is 4.61. The van der Waals surface area contributed by atoms with Crippen molar-refractivity contribution in [3.63, 3.8) is 0 Å². The fourth-order valence-electron chi connectivity index (χ4n) is 3.26. The number of tetrazole rings is 1. The van der Waals surface area contributed by atoms with Gasteiger partial charge in [-0.15, -0.1) is 0 Å². The molecule has 1 N–H and O–H groups in total. The Kier molecular flexibility index (Phi) is 4.29. The fourth-order valence-corrected chi connectivity index (χ4v) is 3.26. The van der Waals surface area contributed by atoms with E-state index in [-0.39, 0.29) is 5.69 Å². The second-order valence-electron chi connectivity index (χ2n) is 6.16. The Balaban J connectivity index is 1.62. The van der Waals surface area contributed by atoms with E-state index in [0.717, 1.165) is 23.5 Å². The summed E-state index contributed by atoms with van der Waals surface area (Å²) in [5.74, 6) is 0. The number of para-hydroxylation sites is 1. The van der Waals surface area contributed by atoms with Crippen LogP contribution in [-0.2, 0) is 0 Å². The van der Waals surface area contributed by atoms with Crippen LogP contribution in [0.15, 0.2) is 53.3 Å². The fraction of sp³-hybridized carbons (Fsp3) is 0.235. The molecular formula is C17H17N7O3. The van der Waals surface area contributed by atoms with Gasteiger partial charge in [0.1, 0.15) is 5.69 Å². The Morgan fingerprint density at radius 1 is 0.963 bits per heavy atom. The maximum absolute atomic E-state index is 11.8. The Labute approximate surface area is 153 Å². The van der Waals surface area contributed by atoms with Crippen LogP contribution < -0.4 is 15.5 Å². The molecule has 0 radical (unpaired) electrons. The molecule has 27 heavy (non-hydrogen) atoms. The minimum absolute atomic E-state index is 0.00320. The smallest absolute Gasteiger partial charge is 0.365 e. The molecule has 138 valence electrons. The summed E-state index contributed by atoms with van der Waals surface area (Å²) in [6.45, 7) is 2.75. The number of hydrogen-bond acceptors (Lipinski definition) is 7. The van der Waals surface area contributed by atoms with Gasteiger partial charge in [-0.25, -0.2) is 9.89 Å².